The molecule has 0 unspecified atom stereocenters. The fourth-order valence-corrected chi connectivity index (χ4v) is 1.45. The number of nitrogens with one attached hydrogen (secondary N) is 1. The number of carbonyl (C=O) groups excluding carboxylic acids is 3. The van der Waals surface area contributed by atoms with Gasteiger partial charge in [-0.1, -0.05) is 6.07 Å². The van der Waals surface area contributed by atoms with Crippen LogP contribution >= 0.6 is 0 Å². The van der Waals surface area contributed by atoms with Crippen molar-refractivity contribution in [3.63, 3.8) is 0 Å². The molecule has 20 heavy (non-hydrogen) atoms. The van der Waals surface area contributed by atoms with Gasteiger partial charge in [-0.3, -0.25) is 10.1 Å². The molecule has 0 bridgehead atoms. The molecule has 0 saturated heterocycles. The van der Waals surface area contributed by atoms with Crippen LogP contribution in [-0.2, 0) is 9.53 Å². The van der Waals surface area contributed by atoms with Crippen molar-refractivity contribution in [2.75, 3.05) is 7.11 Å². The Balaban J connectivity index is 2.76. The van der Waals surface area contributed by atoms with E-state index in [4.69, 9.17) is 15.2 Å². The Morgan fingerprint density at radius 1 is 1.30 bits per heavy atom. The zero-order chi connectivity index (χ0) is 15.3. The van der Waals surface area contributed by atoms with Crippen LogP contribution < -0.4 is 15.8 Å². The average molecular weight is 280 g/mol. The lowest BCUT2D eigenvalue weighted by atomic mass is 10.1. The fraction of sp³-hybridized carbons (Fsp3) is 0.308. The van der Waals surface area contributed by atoms with Crippen molar-refractivity contribution in [1.29, 1.82) is 0 Å². The van der Waals surface area contributed by atoms with Gasteiger partial charge in [0.15, 0.2) is 6.10 Å². The monoisotopic (exact) mass is 280 g/mol. The van der Waals surface area contributed by atoms with E-state index in [1.165, 1.54) is 20.1 Å². The summed E-state index contributed by atoms with van der Waals surface area (Å²) in [6.45, 7) is 3.17. The van der Waals surface area contributed by atoms with Gasteiger partial charge < -0.3 is 15.2 Å². The molecule has 3 amide bonds. The first-order chi connectivity index (χ1) is 9.35. The minimum Gasteiger partial charge on any atom is -0.496 e. The number of urea groups is 1. The number of aryl methyl sites for hydroxylation is 1. The number of nitrogens with two attached hydrogens (primary N) is 1. The molecule has 0 aliphatic carbocycles. The van der Waals surface area contributed by atoms with E-state index in [0.717, 1.165) is 5.56 Å². The van der Waals surface area contributed by atoms with Gasteiger partial charge in [0.25, 0.3) is 5.91 Å². The van der Waals surface area contributed by atoms with Crippen LogP contribution in [-0.4, -0.2) is 31.1 Å². The van der Waals surface area contributed by atoms with Crippen molar-refractivity contribution in [1.82, 2.24) is 5.32 Å². The normalized spacial score (nSPS) is 11.3. The molecule has 1 atom stereocenters. The van der Waals surface area contributed by atoms with Crippen LogP contribution in [0.4, 0.5) is 4.79 Å². The van der Waals surface area contributed by atoms with Crippen LogP contribution in [0.3, 0.4) is 0 Å². The SMILES string of the molecule is COc1cc(C(=O)O[C@H](C)C(=O)NC(N)=O)ccc1C. The molecular weight excluding hydrogens is 264 g/mol. The van der Waals surface area contributed by atoms with E-state index in [1.807, 2.05) is 12.2 Å². The molecule has 0 aromatic heterocycles. The second kappa shape index (κ2) is 6.55. The molecule has 0 saturated carbocycles. The number of imide groups is 1. The van der Waals surface area contributed by atoms with Gasteiger partial charge in [-0.05, 0) is 31.5 Å². The van der Waals surface area contributed by atoms with Gasteiger partial charge >= 0.3 is 12.0 Å². The summed E-state index contributed by atoms with van der Waals surface area (Å²) in [7, 11) is 1.49. The van der Waals surface area contributed by atoms with Crippen molar-refractivity contribution >= 4 is 17.9 Å². The average Bonchev–Trinajstić information content (AvgIpc) is 2.38. The van der Waals surface area contributed by atoms with Crippen LogP contribution in [0, 0.1) is 6.92 Å². The smallest absolute Gasteiger partial charge is 0.339 e. The highest BCUT2D eigenvalue weighted by atomic mass is 16.5. The standard InChI is InChI=1S/C13H16N2O5/c1-7-4-5-9(6-10(7)19-3)12(17)20-8(2)11(16)15-13(14)18/h4-6,8H,1-3H3,(H3,14,15,16,18)/t8-/m1/s1. The van der Waals surface area contributed by atoms with Gasteiger partial charge in [0, 0.05) is 0 Å². The van der Waals surface area contributed by atoms with E-state index in [0.29, 0.717) is 5.75 Å². The largest absolute Gasteiger partial charge is 0.496 e. The molecular formula is C13H16N2O5. The zero-order valence-electron chi connectivity index (χ0n) is 11.4. The summed E-state index contributed by atoms with van der Waals surface area (Å²) in [5.74, 6) is -0.950. The first-order valence-corrected chi connectivity index (χ1v) is 5.81. The summed E-state index contributed by atoms with van der Waals surface area (Å²) in [5.41, 5.74) is 5.91. The number of amides is 3. The molecule has 1 aromatic rings. The first-order valence-electron chi connectivity index (χ1n) is 5.81. The summed E-state index contributed by atoms with van der Waals surface area (Å²) >= 11 is 0. The van der Waals surface area contributed by atoms with E-state index in [-0.39, 0.29) is 5.56 Å². The zero-order valence-corrected chi connectivity index (χ0v) is 11.4. The van der Waals surface area contributed by atoms with Gasteiger partial charge in [-0.15, -0.1) is 0 Å². The van der Waals surface area contributed by atoms with Crippen molar-refractivity contribution in [2.45, 2.75) is 20.0 Å². The third-order valence-electron chi connectivity index (χ3n) is 2.54. The predicted octanol–water partition coefficient (Wildman–Crippen LogP) is 0.744. The number of hydrogen-bond acceptors (Lipinski definition) is 5. The summed E-state index contributed by atoms with van der Waals surface area (Å²) in [6, 6.07) is 3.76. The maximum atomic E-state index is 11.9. The number of benzene rings is 1. The molecule has 108 valence electrons. The minimum absolute atomic E-state index is 0.242. The number of carbonyl (C=O) groups is 3. The molecule has 0 radical (unpaired) electrons. The first kappa shape index (κ1) is 15.5. The van der Waals surface area contributed by atoms with E-state index >= 15 is 0 Å². The maximum Gasteiger partial charge on any atom is 0.339 e. The highest BCUT2D eigenvalue weighted by Gasteiger charge is 2.20. The van der Waals surface area contributed by atoms with Crippen LogP contribution in [0.15, 0.2) is 18.2 Å². The second-order valence-electron chi connectivity index (χ2n) is 4.09. The van der Waals surface area contributed by atoms with Crippen molar-refractivity contribution in [2.24, 2.45) is 5.73 Å². The van der Waals surface area contributed by atoms with Crippen molar-refractivity contribution in [3.05, 3.63) is 29.3 Å². The summed E-state index contributed by atoms with van der Waals surface area (Å²) in [6.07, 6.45) is -1.14. The maximum absolute atomic E-state index is 11.9. The Morgan fingerprint density at radius 3 is 2.50 bits per heavy atom. The van der Waals surface area contributed by atoms with Crippen molar-refractivity contribution in [3.8, 4) is 5.75 Å². The topological polar surface area (TPSA) is 108 Å². The van der Waals surface area contributed by atoms with Crippen LogP contribution in [0.5, 0.6) is 5.75 Å². The van der Waals surface area contributed by atoms with Crippen LogP contribution in [0.2, 0.25) is 0 Å². The Morgan fingerprint density at radius 2 is 1.95 bits per heavy atom. The molecule has 1 aromatic carbocycles. The molecule has 0 heterocycles. The third kappa shape index (κ3) is 3.98. The molecule has 0 spiro atoms. The van der Waals surface area contributed by atoms with E-state index in [2.05, 4.69) is 0 Å². The minimum atomic E-state index is -1.14. The lowest BCUT2D eigenvalue weighted by Crippen LogP contribution is -2.42. The molecule has 0 fully saturated rings. The van der Waals surface area contributed by atoms with Gasteiger partial charge in [0.05, 0.1) is 12.7 Å². The van der Waals surface area contributed by atoms with Gasteiger partial charge in [0.2, 0.25) is 0 Å². The number of hydrogen-bond donors (Lipinski definition) is 2. The van der Waals surface area contributed by atoms with Crippen LogP contribution in [0.1, 0.15) is 22.8 Å². The lowest BCUT2D eigenvalue weighted by molar-refractivity contribution is -0.127. The number of esters is 1. The summed E-state index contributed by atoms with van der Waals surface area (Å²) in [5, 5.41) is 1.83. The molecule has 1 rings (SSSR count). The number of rotatable bonds is 4. The Hall–Kier alpha value is -2.57. The Kier molecular flexibility index (Phi) is 5.08. The highest BCUT2D eigenvalue weighted by Crippen LogP contribution is 2.19. The highest BCUT2D eigenvalue weighted by molar-refractivity contribution is 5.98. The summed E-state index contributed by atoms with van der Waals surface area (Å²) < 4.78 is 10.0. The molecule has 3 N–H and O–H groups in total. The van der Waals surface area contributed by atoms with E-state index < -0.39 is 24.0 Å². The summed E-state index contributed by atoms with van der Waals surface area (Å²) in [4.78, 5) is 33.8. The predicted molar refractivity (Wildman–Crippen MR) is 70.3 cm³/mol. The van der Waals surface area contributed by atoms with Crippen molar-refractivity contribution < 1.29 is 23.9 Å². The Labute approximate surface area is 116 Å². The second-order valence-corrected chi connectivity index (χ2v) is 4.09. The van der Waals surface area contributed by atoms with Gasteiger partial charge in [-0.2, -0.15) is 0 Å². The van der Waals surface area contributed by atoms with E-state index in [9.17, 15) is 14.4 Å². The fourth-order valence-electron chi connectivity index (χ4n) is 1.45. The third-order valence-corrected chi connectivity index (χ3v) is 2.54. The van der Waals surface area contributed by atoms with E-state index in [1.54, 1.807) is 12.1 Å². The molecule has 0 aliphatic rings. The quantitative estimate of drug-likeness (QED) is 0.791. The van der Waals surface area contributed by atoms with Gasteiger partial charge in [-0.25, -0.2) is 9.59 Å². The molecule has 0 aliphatic heterocycles. The number of ether oxygens (including phenoxy) is 2. The Bertz CT molecular complexity index is 542. The van der Waals surface area contributed by atoms with Gasteiger partial charge in [0.1, 0.15) is 5.75 Å². The molecule has 7 heteroatoms. The number of methoxy groups -OCH3 is 1. The molecule has 7 nitrogen and oxygen atoms in total. The number of primary amides is 1. The van der Waals surface area contributed by atoms with Crippen LogP contribution in [0.25, 0.3) is 0 Å². The lowest BCUT2D eigenvalue weighted by Gasteiger charge is -2.13.